The van der Waals surface area contributed by atoms with E-state index in [0.29, 0.717) is 6.42 Å². The third kappa shape index (κ3) is 7.53. The zero-order valence-electron chi connectivity index (χ0n) is 9.89. The molecule has 16 heavy (non-hydrogen) atoms. The number of nitrogens with two attached hydrogens (primary N) is 1. The van der Waals surface area contributed by atoms with Gasteiger partial charge in [-0.2, -0.15) is 11.8 Å². The molecule has 0 bridgehead atoms. The van der Waals surface area contributed by atoms with Crippen LogP contribution in [0.5, 0.6) is 0 Å². The van der Waals surface area contributed by atoms with Crippen molar-refractivity contribution in [1.29, 1.82) is 0 Å². The number of thioether (sulfide) groups is 1. The van der Waals surface area contributed by atoms with E-state index in [1.807, 2.05) is 6.26 Å². The number of hydrogen-bond acceptors (Lipinski definition) is 6. The van der Waals surface area contributed by atoms with Crippen molar-refractivity contribution < 1.29 is 19.1 Å². The highest BCUT2D eigenvalue weighted by Crippen LogP contribution is 2.01. The van der Waals surface area contributed by atoms with Gasteiger partial charge in [0.05, 0.1) is 0 Å². The average Bonchev–Trinajstić information content (AvgIpc) is 2.21. The molecule has 0 aromatic carbocycles. The van der Waals surface area contributed by atoms with Crippen LogP contribution in [0.4, 0.5) is 0 Å². The van der Waals surface area contributed by atoms with Gasteiger partial charge in [-0.05, 0) is 25.4 Å². The molecule has 0 aromatic rings. The fourth-order valence-corrected chi connectivity index (χ4v) is 1.48. The molecular weight excluding hydrogens is 230 g/mol. The number of carbonyl (C=O) groups excluding carboxylic acids is 2. The molecular formula is C10H19NO4S. The highest BCUT2D eigenvalue weighted by molar-refractivity contribution is 7.98. The highest BCUT2D eigenvalue weighted by atomic mass is 32.2. The Morgan fingerprint density at radius 1 is 1.44 bits per heavy atom. The molecule has 0 saturated heterocycles. The van der Waals surface area contributed by atoms with Crippen molar-refractivity contribution >= 4 is 23.7 Å². The number of esters is 2. The van der Waals surface area contributed by atoms with E-state index in [4.69, 9.17) is 15.2 Å². The summed E-state index contributed by atoms with van der Waals surface area (Å²) in [5.41, 5.74) is 5.60. The maximum Gasteiger partial charge on any atom is 0.323 e. The maximum atomic E-state index is 11.3. The SMILES string of the molecule is CSCC[C@H](N)C(=O)OCC(C)OC(C)=O. The Kier molecular flexibility index (Phi) is 8.01. The molecule has 0 aliphatic heterocycles. The van der Waals surface area contributed by atoms with Gasteiger partial charge >= 0.3 is 11.9 Å². The van der Waals surface area contributed by atoms with Crippen molar-refractivity contribution in [2.24, 2.45) is 5.73 Å². The van der Waals surface area contributed by atoms with Gasteiger partial charge in [-0.3, -0.25) is 9.59 Å². The van der Waals surface area contributed by atoms with Crippen LogP contribution in [0.25, 0.3) is 0 Å². The van der Waals surface area contributed by atoms with Gasteiger partial charge in [-0.25, -0.2) is 0 Å². The van der Waals surface area contributed by atoms with E-state index in [-0.39, 0.29) is 6.61 Å². The molecule has 0 spiro atoms. The number of hydrogen-bond donors (Lipinski definition) is 1. The first kappa shape index (κ1) is 15.2. The molecule has 2 N–H and O–H groups in total. The molecule has 0 amide bonds. The fraction of sp³-hybridized carbons (Fsp3) is 0.800. The predicted molar refractivity (Wildman–Crippen MR) is 63.2 cm³/mol. The summed E-state index contributed by atoms with van der Waals surface area (Å²) in [6.45, 7) is 3.01. The van der Waals surface area contributed by atoms with Gasteiger partial charge in [0.1, 0.15) is 18.8 Å². The second-order valence-electron chi connectivity index (χ2n) is 3.44. The molecule has 5 nitrogen and oxygen atoms in total. The lowest BCUT2D eigenvalue weighted by molar-refractivity contribution is -0.157. The predicted octanol–water partition coefficient (Wildman–Crippen LogP) is 0.562. The molecule has 0 aliphatic rings. The molecule has 0 heterocycles. The summed E-state index contributed by atoms with van der Waals surface area (Å²) in [6.07, 6.45) is 2.09. The molecule has 0 aromatic heterocycles. The van der Waals surface area contributed by atoms with Crippen molar-refractivity contribution in [3.05, 3.63) is 0 Å². The Hall–Kier alpha value is -0.750. The van der Waals surface area contributed by atoms with Gasteiger partial charge in [0.2, 0.25) is 0 Å². The summed E-state index contributed by atoms with van der Waals surface area (Å²) in [6, 6.07) is -0.600. The molecule has 0 fully saturated rings. The van der Waals surface area contributed by atoms with E-state index in [2.05, 4.69) is 0 Å². The van der Waals surface area contributed by atoms with E-state index >= 15 is 0 Å². The second kappa shape index (κ2) is 8.41. The van der Waals surface area contributed by atoms with Crippen molar-refractivity contribution in [2.75, 3.05) is 18.6 Å². The lowest BCUT2D eigenvalue weighted by atomic mass is 10.2. The Balaban J connectivity index is 3.74. The van der Waals surface area contributed by atoms with Gasteiger partial charge in [0, 0.05) is 6.92 Å². The van der Waals surface area contributed by atoms with E-state index in [0.717, 1.165) is 5.75 Å². The molecule has 0 radical (unpaired) electrons. The van der Waals surface area contributed by atoms with Crippen LogP contribution in [-0.2, 0) is 19.1 Å². The van der Waals surface area contributed by atoms with Crippen molar-refractivity contribution in [3.63, 3.8) is 0 Å². The van der Waals surface area contributed by atoms with Crippen LogP contribution in [-0.4, -0.2) is 42.7 Å². The second-order valence-corrected chi connectivity index (χ2v) is 4.42. The number of ether oxygens (including phenoxy) is 2. The molecule has 2 atom stereocenters. The summed E-state index contributed by atoms with van der Waals surface area (Å²) in [5.74, 6) is -0.0289. The Labute approximate surface area is 100 Å². The first-order chi connectivity index (χ1) is 7.47. The minimum Gasteiger partial charge on any atom is -0.461 e. The summed E-state index contributed by atoms with van der Waals surface area (Å²) < 4.78 is 9.71. The monoisotopic (exact) mass is 249 g/mol. The van der Waals surface area contributed by atoms with Crippen LogP contribution >= 0.6 is 11.8 Å². The smallest absolute Gasteiger partial charge is 0.323 e. The maximum absolute atomic E-state index is 11.3. The third-order valence-corrected chi connectivity index (χ3v) is 2.41. The first-order valence-electron chi connectivity index (χ1n) is 5.05. The molecule has 0 aliphatic carbocycles. The fourth-order valence-electron chi connectivity index (χ4n) is 0.987. The van der Waals surface area contributed by atoms with Crippen molar-refractivity contribution in [2.45, 2.75) is 32.4 Å². The molecule has 0 rings (SSSR count). The zero-order valence-corrected chi connectivity index (χ0v) is 10.7. The van der Waals surface area contributed by atoms with Crippen LogP contribution < -0.4 is 5.73 Å². The summed E-state index contributed by atoms with van der Waals surface area (Å²) in [7, 11) is 0. The van der Waals surface area contributed by atoms with Crippen LogP contribution in [0.15, 0.2) is 0 Å². The largest absolute Gasteiger partial charge is 0.461 e. The Morgan fingerprint density at radius 2 is 2.06 bits per heavy atom. The van der Waals surface area contributed by atoms with Crippen LogP contribution in [0.1, 0.15) is 20.3 Å². The molecule has 94 valence electrons. The lowest BCUT2D eigenvalue weighted by Gasteiger charge is -2.14. The minimum absolute atomic E-state index is 0.0470. The van der Waals surface area contributed by atoms with Crippen LogP contribution in [0.3, 0.4) is 0 Å². The molecule has 6 heteroatoms. The number of carbonyl (C=O) groups is 2. The number of rotatable bonds is 7. The van der Waals surface area contributed by atoms with Crippen LogP contribution in [0, 0.1) is 0 Å². The highest BCUT2D eigenvalue weighted by Gasteiger charge is 2.16. The summed E-state index contributed by atoms with van der Waals surface area (Å²) >= 11 is 1.62. The minimum atomic E-state index is -0.600. The quantitative estimate of drug-likeness (QED) is 0.664. The average molecular weight is 249 g/mol. The Morgan fingerprint density at radius 3 is 2.56 bits per heavy atom. The lowest BCUT2D eigenvalue weighted by Crippen LogP contribution is -2.34. The topological polar surface area (TPSA) is 78.6 Å². The summed E-state index contributed by atoms with van der Waals surface area (Å²) in [5, 5.41) is 0. The van der Waals surface area contributed by atoms with Gasteiger partial charge < -0.3 is 15.2 Å². The van der Waals surface area contributed by atoms with Gasteiger partial charge in [-0.15, -0.1) is 0 Å². The standard InChI is InChI=1S/C10H19NO4S/c1-7(15-8(2)12)6-14-10(13)9(11)4-5-16-3/h7,9H,4-6,11H2,1-3H3/t7?,9-/m0/s1. The van der Waals surface area contributed by atoms with Crippen molar-refractivity contribution in [3.8, 4) is 0 Å². The van der Waals surface area contributed by atoms with E-state index in [1.54, 1.807) is 18.7 Å². The van der Waals surface area contributed by atoms with E-state index < -0.39 is 24.1 Å². The molecule has 1 unspecified atom stereocenters. The van der Waals surface area contributed by atoms with Crippen molar-refractivity contribution in [1.82, 2.24) is 0 Å². The first-order valence-corrected chi connectivity index (χ1v) is 6.45. The van der Waals surface area contributed by atoms with Gasteiger partial charge in [0.15, 0.2) is 0 Å². The van der Waals surface area contributed by atoms with Gasteiger partial charge in [-0.1, -0.05) is 0 Å². The van der Waals surface area contributed by atoms with E-state index in [1.165, 1.54) is 6.92 Å². The normalized spacial score (nSPS) is 14.0. The Bertz CT molecular complexity index is 235. The zero-order chi connectivity index (χ0) is 12.6. The molecule has 0 saturated carbocycles. The van der Waals surface area contributed by atoms with Gasteiger partial charge in [0.25, 0.3) is 0 Å². The third-order valence-electron chi connectivity index (χ3n) is 1.76. The summed E-state index contributed by atoms with van der Waals surface area (Å²) in [4.78, 5) is 21.9. The van der Waals surface area contributed by atoms with Crippen LogP contribution in [0.2, 0.25) is 0 Å². The van der Waals surface area contributed by atoms with E-state index in [9.17, 15) is 9.59 Å².